The summed E-state index contributed by atoms with van der Waals surface area (Å²) in [5, 5.41) is 5.86. The molecule has 2 N–H and O–H groups in total. The SMILES string of the molecule is CC(=O)Nc1ccc(F)c(NC(=O)c2cc(-c3ccccc3)nc3ccccc23)c1. The van der Waals surface area contributed by atoms with Crippen LogP contribution < -0.4 is 10.6 Å². The lowest BCUT2D eigenvalue weighted by Crippen LogP contribution is -2.15. The summed E-state index contributed by atoms with van der Waals surface area (Å²) in [6.07, 6.45) is 0. The number of nitrogens with one attached hydrogen (secondary N) is 2. The Hall–Kier alpha value is -4.06. The third kappa shape index (κ3) is 4.03. The van der Waals surface area contributed by atoms with E-state index in [4.69, 9.17) is 0 Å². The van der Waals surface area contributed by atoms with E-state index in [9.17, 15) is 14.0 Å². The zero-order chi connectivity index (χ0) is 21.1. The van der Waals surface area contributed by atoms with Crippen LogP contribution in [0.2, 0.25) is 0 Å². The van der Waals surface area contributed by atoms with E-state index in [1.807, 2.05) is 48.5 Å². The van der Waals surface area contributed by atoms with E-state index in [2.05, 4.69) is 15.6 Å². The molecule has 0 unspecified atom stereocenters. The smallest absolute Gasteiger partial charge is 0.256 e. The number of benzene rings is 3. The monoisotopic (exact) mass is 399 g/mol. The molecule has 4 rings (SSSR count). The first kappa shape index (κ1) is 19.3. The van der Waals surface area contributed by atoms with E-state index in [1.165, 1.54) is 25.1 Å². The molecule has 0 atom stereocenters. The molecule has 2 amide bonds. The Morgan fingerprint density at radius 2 is 1.60 bits per heavy atom. The molecule has 1 heterocycles. The minimum absolute atomic E-state index is 0.0200. The number of pyridine rings is 1. The summed E-state index contributed by atoms with van der Waals surface area (Å²) in [4.78, 5) is 29.0. The van der Waals surface area contributed by atoms with Gasteiger partial charge in [0.1, 0.15) is 5.82 Å². The molecular formula is C24H18FN3O2. The van der Waals surface area contributed by atoms with Gasteiger partial charge in [0, 0.05) is 23.6 Å². The van der Waals surface area contributed by atoms with Crippen molar-refractivity contribution in [2.45, 2.75) is 6.92 Å². The first-order chi connectivity index (χ1) is 14.5. The van der Waals surface area contributed by atoms with Gasteiger partial charge in [0.05, 0.1) is 22.5 Å². The molecule has 0 aliphatic carbocycles. The summed E-state index contributed by atoms with van der Waals surface area (Å²) in [6.45, 7) is 1.36. The van der Waals surface area contributed by atoms with E-state index in [-0.39, 0.29) is 11.6 Å². The van der Waals surface area contributed by atoms with Gasteiger partial charge in [-0.3, -0.25) is 9.59 Å². The molecular weight excluding hydrogens is 381 g/mol. The van der Waals surface area contributed by atoms with Gasteiger partial charge in [-0.1, -0.05) is 48.5 Å². The number of fused-ring (bicyclic) bond motifs is 1. The van der Waals surface area contributed by atoms with Crippen molar-refractivity contribution in [2.75, 3.05) is 10.6 Å². The number of carbonyl (C=O) groups excluding carboxylic acids is 2. The van der Waals surface area contributed by atoms with Crippen molar-refractivity contribution in [3.8, 4) is 11.3 Å². The molecule has 0 spiro atoms. The minimum atomic E-state index is -0.598. The zero-order valence-corrected chi connectivity index (χ0v) is 16.1. The van der Waals surface area contributed by atoms with Crippen LogP contribution in [0.3, 0.4) is 0 Å². The van der Waals surface area contributed by atoms with Crippen molar-refractivity contribution in [1.82, 2.24) is 4.98 Å². The van der Waals surface area contributed by atoms with Crippen LogP contribution in [0.4, 0.5) is 15.8 Å². The Labute approximate surface area is 172 Å². The highest BCUT2D eigenvalue weighted by atomic mass is 19.1. The number of hydrogen-bond acceptors (Lipinski definition) is 3. The number of nitrogens with zero attached hydrogens (tertiary/aromatic N) is 1. The van der Waals surface area contributed by atoms with Gasteiger partial charge >= 0.3 is 0 Å². The van der Waals surface area contributed by atoms with Crippen molar-refractivity contribution < 1.29 is 14.0 Å². The topological polar surface area (TPSA) is 71.1 Å². The highest BCUT2D eigenvalue weighted by Gasteiger charge is 2.16. The van der Waals surface area contributed by atoms with Gasteiger partial charge in [-0.05, 0) is 30.3 Å². The van der Waals surface area contributed by atoms with Gasteiger partial charge in [0.15, 0.2) is 0 Å². The normalized spacial score (nSPS) is 10.6. The second-order valence-corrected chi connectivity index (χ2v) is 6.77. The van der Waals surface area contributed by atoms with Crippen molar-refractivity contribution in [3.05, 3.63) is 90.2 Å². The van der Waals surface area contributed by atoms with Crippen LogP contribution in [-0.4, -0.2) is 16.8 Å². The molecule has 0 saturated carbocycles. The molecule has 5 nitrogen and oxygen atoms in total. The lowest BCUT2D eigenvalue weighted by atomic mass is 10.0. The predicted molar refractivity (Wildman–Crippen MR) is 116 cm³/mol. The maximum absolute atomic E-state index is 14.3. The highest BCUT2D eigenvalue weighted by molar-refractivity contribution is 6.13. The molecule has 0 fully saturated rings. The molecule has 148 valence electrons. The van der Waals surface area contributed by atoms with Crippen molar-refractivity contribution >= 4 is 34.1 Å². The van der Waals surface area contributed by atoms with Crippen LogP contribution in [0.25, 0.3) is 22.2 Å². The van der Waals surface area contributed by atoms with Gasteiger partial charge in [0.2, 0.25) is 5.91 Å². The number of amides is 2. The Balaban J connectivity index is 1.76. The van der Waals surface area contributed by atoms with Gasteiger partial charge in [0.25, 0.3) is 5.91 Å². The summed E-state index contributed by atoms with van der Waals surface area (Å²) in [6, 6.07) is 22.5. The molecule has 3 aromatic carbocycles. The van der Waals surface area contributed by atoms with Crippen LogP contribution in [-0.2, 0) is 4.79 Å². The maximum Gasteiger partial charge on any atom is 0.256 e. The average molecular weight is 399 g/mol. The fraction of sp³-hybridized carbons (Fsp3) is 0.0417. The Kier molecular flexibility index (Phi) is 5.22. The Morgan fingerprint density at radius 3 is 2.37 bits per heavy atom. The minimum Gasteiger partial charge on any atom is -0.326 e. The van der Waals surface area contributed by atoms with Gasteiger partial charge in [-0.25, -0.2) is 9.37 Å². The van der Waals surface area contributed by atoms with Crippen molar-refractivity contribution in [1.29, 1.82) is 0 Å². The molecule has 0 aliphatic heterocycles. The van der Waals surface area contributed by atoms with Crippen LogP contribution in [0.1, 0.15) is 17.3 Å². The average Bonchev–Trinajstić information content (AvgIpc) is 2.75. The molecule has 0 radical (unpaired) electrons. The molecule has 30 heavy (non-hydrogen) atoms. The molecule has 0 bridgehead atoms. The predicted octanol–water partition coefficient (Wildman–Crippen LogP) is 5.25. The van der Waals surface area contributed by atoms with E-state index in [1.54, 1.807) is 12.1 Å². The van der Waals surface area contributed by atoms with Gasteiger partial charge in [-0.15, -0.1) is 0 Å². The summed E-state index contributed by atoms with van der Waals surface area (Å²) >= 11 is 0. The number of halogens is 1. The summed E-state index contributed by atoms with van der Waals surface area (Å²) in [5.74, 6) is -1.35. The fourth-order valence-corrected chi connectivity index (χ4v) is 3.21. The number of anilines is 2. The lowest BCUT2D eigenvalue weighted by Gasteiger charge is -2.12. The summed E-state index contributed by atoms with van der Waals surface area (Å²) < 4.78 is 14.3. The second-order valence-electron chi connectivity index (χ2n) is 6.77. The molecule has 0 saturated heterocycles. The van der Waals surface area contributed by atoms with E-state index < -0.39 is 11.7 Å². The fourth-order valence-electron chi connectivity index (χ4n) is 3.21. The Bertz CT molecular complexity index is 1260. The quantitative estimate of drug-likeness (QED) is 0.492. The number of carbonyl (C=O) groups is 2. The molecule has 0 aliphatic rings. The van der Waals surface area contributed by atoms with E-state index in [0.29, 0.717) is 27.8 Å². The Morgan fingerprint density at radius 1 is 0.867 bits per heavy atom. The van der Waals surface area contributed by atoms with Crippen LogP contribution in [0.15, 0.2) is 78.9 Å². The van der Waals surface area contributed by atoms with Crippen LogP contribution >= 0.6 is 0 Å². The largest absolute Gasteiger partial charge is 0.326 e. The third-order valence-corrected chi connectivity index (χ3v) is 4.57. The highest BCUT2D eigenvalue weighted by Crippen LogP contribution is 2.26. The van der Waals surface area contributed by atoms with Crippen LogP contribution in [0, 0.1) is 5.82 Å². The number of aromatic nitrogens is 1. The van der Waals surface area contributed by atoms with Crippen molar-refractivity contribution in [2.24, 2.45) is 0 Å². The lowest BCUT2D eigenvalue weighted by molar-refractivity contribution is -0.114. The first-order valence-electron chi connectivity index (χ1n) is 9.35. The number of rotatable bonds is 4. The van der Waals surface area contributed by atoms with E-state index in [0.717, 1.165) is 5.56 Å². The van der Waals surface area contributed by atoms with Gasteiger partial charge in [-0.2, -0.15) is 0 Å². The summed E-state index contributed by atoms with van der Waals surface area (Å²) in [5.41, 5.74) is 2.93. The maximum atomic E-state index is 14.3. The standard InChI is InChI=1S/C24H18FN3O2/c1-15(29)26-17-11-12-20(25)23(13-17)28-24(30)19-14-22(16-7-3-2-4-8-16)27-21-10-6-5-9-18(19)21/h2-14H,1H3,(H,26,29)(H,28,30). The number of hydrogen-bond donors (Lipinski definition) is 2. The van der Waals surface area contributed by atoms with Crippen molar-refractivity contribution in [3.63, 3.8) is 0 Å². The number of para-hydroxylation sites is 1. The van der Waals surface area contributed by atoms with E-state index >= 15 is 0 Å². The zero-order valence-electron chi connectivity index (χ0n) is 16.1. The first-order valence-corrected chi connectivity index (χ1v) is 9.35. The molecule has 4 aromatic rings. The van der Waals surface area contributed by atoms with Gasteiger partial charge < -0.3 is 10.6 Å². The molecule has 1 aromatic heterocycles. The molecule has 6 heteroatoms. The second kappa shape index (κ2) is 8.13. The summed E-state index contributed by atoms with van der Waals surface area (Å²) in [7, 11) is 0. The van der Waals surface area contributed by atoms with Crippen LogP contribution in [0.5, 0.6) is 0 Å². The third-order valence-electron chi connectivity index (χ3n) is 4.57.